The van der Waals surface area contributed by atoms with Crippen molar-refractivity contribution >= 4 is 30.0 Å². The van der Waals surface area contributed by atoms with Gasteiger partial charge in [-0.25, -0.2) is 9.48 Å². The molecule has 16 heavy (non-hydrogen) atoms. The first-order valence-corrected chi connectivity index (χ1v) is 4.45. The average Bonchev–Trinajstić information content (AvgIpc) is 2.62. The monoisotopic (exact) mass is 259 g/mol. The molecule has 2 aromatic heterocycles. The number of hydrogen-bond donors (Lipinski definition) is 1. The molecule has 0 radical (unpaired) electrons. The zero-order valence-corrected chi connectivity index (χ0v) is 9.44. The Morgan fingerprint density at radius 1 is 1.50 bits per heavy atom. The highest BCUT2D eigenvalue weighted by molar-refractivity contribution is 6.29. The third kappa shape index (κ3) is 2.32. The zero-order chi connectivity index (χ0) is 10.8. The fourth-order valence-corrected chi connectivity index (χ4v) is 1.36. The van der Waals surface area contributed by atoms with Gasteiger partial charge in [0.2, 0.25) is 0 Å². The lowest BCUT2D eigenvalue weighted by atomic mass is 10.4. The summed E-state index contributed by atoms with van der Waals surface area (Å²) in [5.74, 6) is -1.08. The standard InChI is InChI=1S/C9H6ClN3O2.ClH/c10-8-4-7(9(14)15)13(12-8)6-2-1-3-11-5-6;/h1-5H,(H,14,15);1H. The largest absolute Gasteiger partial charge is 0.477 e. The van der Waals surface area contributed by atoms with Gasteiger partial charge in [-0.3, -0.25) is 4.98 Å². The highest BCUT2D eigenvalue weighted by Crippen LogP contribution is 2.14. The van der Waals surface area contributed by atoms with Gasteiger partial charge >= 0.3 is 5.97 Å². The predicted molar refractivity (Wildman–Crippen MR) is 60.6 cm³/mol. The van der Waals surface area contributed by atoms with Crippen molar-refractivity contribution in [3.63, 3.8) is 0 Å². The molecule has 0 fully saturated rings. The van der Waals surface area contributed by atoms with Crippen LogP contribution in [0.3, 0.4) is 0 Å². The molecule has 0 aliphatic rings. The molecule has 1 N–H and O–H groups in total. The van der Waals surface area contributed by atoms with Gasteiger partial charge < -0.3 is 5.11 Å². The summed E-state index contributed by atoms with van der Waals surface area (Å²) in [5.41, 5.74) is 0.565. The predicted octanol–water partition coefficient (Wildman–Crippen LogP) is 2.04. The van der Waals surface area contributed by atoms with Gasteiger partial charge in [0.15, 0.2) is 10.8 Å². The number of carbonyl (C=O) groups is 1. The Labute approximate surface area is 102 Å². The van der Waals surface area contributed by atoms with E-state index < -0.39 is 5.97 Å². The van der Waals surface area contributed by atoms with Gasteiger partial charge in [0, 0.05) is 12.3 Å². The van der Waals surface area contributed by atoms with Gasteiger partial charge in [-0.05, 0) is 12.1 Å². The quantitative estimate of drug-likeness (QED) is 0.897. The number of nitrogens with zero attached hydrogens (tertiary/aromatic N) is 3. The summed E-state index contributed by atoms with van der Waals surface area (Å²) < 4.78 is 1.23. The van der Waals surface area contributed by atoms with Crippen molar-refractivity contribution in [1.29, 1.82) is 0 Å². The van der Waals surface area contributed by atoms with Crippen LogP contribution in [0.2, 0.25) is 5.15 Å². The lowest BCUT2D eigenvalue weighted by molar-refractivity contribution is 0.0687. The summed E-state index contributed by atoms with van der Waals surface area (Å²) in [6.07, 6.45) is 3.10. The average molecular weight is 260 g/mol. The first-order chi connectivity index (χ1) is 7.18. The van der Waals surface area contributed by atoms with Crippen molar-refractivity contribution < 1.29 is 9.90 Å². The van der Waals surface area contributed by atoms with E-state index in [0.717, 1.165) is 0 Å². The highest BCUT2D eigenvalue weighted by Gasteiger charge is 2.14. The summed E-state index contributed by atoms with van der Waals surface area (Å²) in [6, 6.07) is 4.68. The molecular weight excluding hydrogens is 253 g/mol. The molecule has 0 bridgehead atoms. The van der Waals surface area contributed by atoms with Crippen LogP contribution in [0.4, 0.5) is 0 Å². The second kappa shape index (κ2) is 4.96. The van der Waals surface area contributed by atoms with Gasteiger partial charge in [0.05, 0.1) is 11.9 Å². The van der Waals surface area contributed by atoms with Crippen LogP contribution in [0.15, 0.2) is 30.6 Å². The van der Waals surface area contributed by atoms with E-state index >= 15 is 0 Å². The zero-order valence-electron chi connectivity index (χ0n) is 7.87. The second-order valence-corrected chi connectivity index (χ2v) is 3.17. The lowest BCUT2D eigenvalue weighted by Gasteiger charge is -2.02. The van der Waals surface area contributed by atoms with E-state index in [1.807, 2.05) is 0 Å². The first-order valence-electron chi connectivity index (χ1n) is 4.08. The number of rotatable bonds is 2. The van der Waals surface area contributed by atoms with Crippen molar-refractivity contribution in [1.82, 2.24) is 14.8 Å². The topological polar surface area (TPSA) is 68.0 Å². The molecule has 2 rings (SSSR count). The number of halogens is 2. The fourth-order valence-electron chi connectivity index (χ4n) is 1.18. The third-order valence-corrected chi connectivity index (χ3v) is 1.97. The minimum atomic E-state index is -1.08. The Morgan fingerprint density at radius 3 is 2.81 bits per heavy atom. The maximum absolute atomic E-state index is 10.9. The molecule has 7 heteroatoms. The Kier molecular flexibility index (Phi) is 3.87. The van der Waals surface area contributed by atoms with Crippen LogP contribution < -0.4 is 0 Å². The van der Waals surface area contributed by atoms with Crippen LogP contribution in [0.25, 0.3) is 5.69 Å². The van der Waals surface area contributed by atoms with E-state index in [9.17, 15) is 4.79 Å². The maximum atomic E-state index is 10.9. The lowest BCUT2D eigenvalue weighted by Crippen LogP contribution is -2.07. The summed E-state index contributed by atoms with van der Waals surface area (Å²) in [7, 11) is 0. The van der Waals surface area contributed by atoms with Gasteiger partial charge in [0.25, 0.3) is 0 Å². The van der Waals surface area contributed by atoms with Crippen molar-refractivity contribution in [3.05, 3.63) is 41.4 Å². The summed E-state index contributed by atoms with van der Waals surface area (Å²) in [4.78, 5) is 14.7. The van der Waals surface area contributed by atoms with Crippen molar-refractivity contribution in [2.24, 2.45) is 0 Å². The molecule has 84 valence electrons. The van der Waals surface area contributed by atoms with Gasteiger partial charge in [-0.1, -0.05) is 11.6 Å². The van der Waals surface area contributed by atoms with Crippen molar-refractivity contribution in [2.45, 2.75) is 0 Å². The SMILES string of the molecule is Cl.O=C(O)c1cc(Cl)nn1-c1cccnc1. The third-order valence-electron chi connectivity index (χ3n) is 1.79. The number of hydrogen-bond acceptors (Lipinski definition) is 3. The molecule has 0 saturated heterocycles. The van der Waals surface area contributed by atoms with Crippen LogP contribution in [0.5, 0.6) is 0 Å². The highest BCUT2D eigenvalue weighted by atomic mass is 35.5. The van der Waals surface area contributed by atoms with Gasteiger partial charge in [-0.2, -0.15) is 5.10 Å². The molecular formula is C9H7Cl2N3O2. The van der Waals surface area contributed by atoms with Crippen LogP contribution in [-0.2, 0) is 0 Å². The second-order valence-electron chi connectivity index (χ2n) is 2.78. The van der Waals surface area contributed by atoms with Crippen molar-refractivity contribution in [2.75, 3.05) is 0 Å². The molecule has 0 saturated carbocycles. The molecule has 0 atom stereocenters. The molecule has 0 unspecified atom stereocenters. The van der Waals surface area contributed by atoms with E-state index in [0.29, 0.717) is 5.69 Å². The van der Waals surface area contributed by atoms with Gasteiger partial charge in [-0.15, -0.1) is 12.4 Å². The molecule has 0 amide bonds. The van der Waals surface area contributed by atoms with E-state index in [4.69, 9.17) is 16.7 Å². The summed E-state index contributed by atoms with van der Waals surface area (Å²) >= 11 is 5.64. The Hall–Kier alpha value is -1.59. The minimum absolute atomic E-state index is 0. The normalized spacial score (nSPS) is 9.56. The van der Waals surface area contributed by atoms with Crippen LogP contribution in [0, 0.1) is 0 Å². The Balaban J connectivity index is 0.00000128. The summed E-state index contributed by atoms with van der Waals surface area (Å²) in [5, 5.41) is 12.9. The van der Waals surface area contributed by atoms with E-state index in [1.165, 1.54) is 16.9 Å². The van der Waals surface area contributed by atoms with E-state index in [-0.39, 0.29) is 23.3 Å². The molecule has 2 heterocycles. The van der Waals surface area contributed by atoms with E-state index in [2.05, 4.69) is 10.1 Å². The molecule has 0 aromatic carbocycles. The number of carboxylic acid groups (broad SMARTS) is 1. The molecule has 2 aromatic rings. The van der Waals surface area contributed by atoms with Crippen molar-refractivity contribution in [3.8, 4) is 5.69 Å². The van der Waals surface area contributed by atoms with E-state index in [1.54, 1.807) is 18.3 Å². The van der Waals surface area contributed by atoms with Gasteiger partial charge in [0.1, 0.15) is 0 Å². The molecule has 0 spiro atoms. The van der Waals surface area contributed by atoms with Crippen LogP contribution in [-0.4, -0.2) is 25.8 Å². The number of carboxylic acids is 1. The number of aromatic nitrogens is 3. The molecule has 5 nitrogen and oxygen atoms in total. The van der Waals surface area contributed by atoms with Crippen LogP contribution >= 0.6 is 24.0 Å². The summed E-state index contributed by atoms with van der Waals surface area (Å²) in [6.45, 7) is 0. The number of aromatic carboxylic acids is 1. The molecule has 0 aliphatic carbocycles. The first kappa shape index (κ1) is 12.5. The smallest absolute Gasteiger partial charge is 0.354 e. The maximum Gasteiger partial charge on any atom is 0.354 e. The Morgan fingerprint density at radius 2 is 2.25 bits per heavy atom. The minimum Gasteiger partial charge on any atom is -0.477 e. The fraction of sp³-hybridized carbons (Fsp3) is 0. The number of pyridine rings is 1. The molecule has 0 aliphatic heterocycles. The van der Waals surface area contributed by atoms with Crippen LogP contribution in [0.1, 0.15) is 10.5 Å². The Bertz CT molecular complexity index is 499.